The summed E-state index contributed by atoms with van der Waals surface area (Å²) in [5.41, 5.74) is -1.52. The lowest BCUT2D eigenvalue weighted by Gasteiger charge is -2.31. The molecule has 3 fully saturated rings. The summed E-state index contributed by atoms with van der Waals surface area (Å²) in [6.45, 7) is 3.76. The number of nitrogens with one attached hydrogen (secondary N) is 3. The first kappa shape index (κ1) is 34.5. The quantitative estimate of drug-likeness (QED) is 0.313. The summed E-state index contributed by atoms with van der Waals surface area (Å²) in [6, 6.07) is 5.06. The highest BCUT2D eigenvalue weighted by atomic mass is 32.2. The number of carboxylic acid groups (broad SMARTS) is 1. The van der Waals surface area contributed by atoms with Gasteiger partial charge in [-0.2, -0.15) is 0 Å². The first-order valence-electron chi connectivity index (χ1n) is 16.8. The molecular formula is C34H43N5O9S. The summed E-state index contributed by atoms with van der Waals surface area (Å²) < 4.78 is 39.5. The van der Waals surface area contributed by atoms with Crippen molar-refractivity contribution in [2.75, 3.05) is 13.7 Å². The van der Waals surface area contributed by atoms with Crippen molar-refractivity contribution in [2.24, 2.45) is 17.8 Å². The first-order chi connectivity index (χ1) is 23.3. The van der Waals surface area contributed by atoms with E-state index in [1.54, 1.807) is 6.92 Å². The van der Waals surface area contributed by atoms with Gasteiger partial charge in [0.25, 0.3) is 5.91 Å². The highest BCUT2D eigenvalue weighted by molar-refractivity contribution is 7.91. The molecule has 4 aliphatic rings. The number of nitrogens with zero attached hydrogens (tertiary/aromatic N) is 2. The van der Waals surface area contributed by atoms with E-state index in [0.717, 1.165) is 11.8 Å². The van der Waals surface area contributed by atoms with E-state index in [0.29, 0.717) is 36.8 Å². The number of aromatic nitrogens is 1. The molecule has 4 N–H and O–H groups in total. The number of pyridine rings is 1. The highest BCUT2D eigenvalue weighted by Gasteiger charge is 2.62. The second-order valence-electron chi connectivity index (χ2n) is 13.8. The van der Waals surface area contributed by atoms with Crippen LogP contribution in [-0.2, 0) is 24.4 Å². The van der Waals surface area contributed by atoms with Gasteiger partial charge < -0.3 is 30.1 Å². The van der Waals surface area contributed by atoms with E-state index in [1.165, 1.54) is 18.2 Å². The molecule has 264 valence electrons. The summed E-state index contributed by atoms with van der Waals surface area (Å²) in [6.07, 6.45) is 6.39. The third-order valence-corrected chi connectivity index (χ3v) is 12.0. The van der Waals surface area contributed by atoms with Crippen molar-refractivity contribution in [3.63, 3.8) is 0 Å². The van der Waals surface area contributed by atoms with Crippen LogP contribution in [0.3, 0.4) is 0 Å². The van der Waals surface area contributed by atoms with Crippen molar-refractivity contribution in [3.05, 3.63) is 42.6 Å². The molecule has 1 aromatic carbocycles. The Bertz CT molecular complexity index is 1780. The number of hydrogen-bond donors (Lipinski definition) is 4. The van der Waals surface area contributed by atoms with Crippen LogP contribution in [0.15, 0.2) is 42.6 Å². The Kier molecular flexibility index (Phi) is 9.48. The normalized spacial score (nSPS) is 31.3. The number of benzene rings is 1. The van der Waals surface area contributed by atoms with Gasteiger partial charge in [0.1, 0.15) is 29.5 Å². The van der Waals surface area contributed by atoms with Crippen molar-refractivity contribution in [3.8, 4) is 11.6 Å². The number of methoxy groups -OCH3 is 1. The highest BCUT2D eigenvalue weighted by Crippen LogP contribution is 2.46. The fraction of sp³-hybridized carbons (Fsp3) is 0.559. The standard InChI is InChI=1S/C34H43N5O9S/c1-19-7-6-8-20(2)28(36-33(43)44)31(41)39-18-22(48-30-25-10-5-4-9-24(25)27(47-3)17-35-30)15-26(39)29(40)37-34(16-21(34)12-11-19)32(42)38-49(45,46)23-13-14-23/h4-5,9-12,17,19-23,26,28,36H,6-8,13-16,18H2,1-3H3,(H,37,40)(H,38,42)(H,43,44)/b12-11-/t19?,20-,21-,22-,26+,28+,34-/m1/s1. The summed E-state index contributed by atoms with van der Waals surface area (Å²) in [5.74, 6) is -1.99. The van der Waals surface area contributed by atoms with Gasteiger partial charge >= 0.3 is 6.09 Å². The molecule has 3 heterocycles. The van der Waals surface area contributed by atoms with Crippen LogP contribution in [0.2, 0.25) is 0 Å². The number of hydrogen-bond acceptors (Lipinski definition) is 9. The number of ether oxygens (including phenoxy) is 2. The maximum atomic E-state index is 14.3. The molecule has 4 amide bonds. The van der Waals surface area contributed by atoms with Crippen LogP contribution in [0.1, 0.15) is 58.8 Å². The summed E-state index contributed by atoms with van der Waals surface area (Å²) in [4.78, 5) is 59.8. The average Bonchev–Trinajstić information content (AvgIpc) is 3.99. The minimum Gasteiger partial charge on any atom is -0.494 e. The van der Waals surface area contributed by atoms with Crippen molar-refractivity contribution in [1.29, 1.82) is 0 Å². The molecule has 14 nitrogen and oxygen atoms in total. The summed E-state index contributed by atoms with van der Waals surface area (Å²) >= 11 is 0. The third-order valence-electron chi connectivity index (χ3n) is 10.1. The Morgan fingerprint density at radius 1 is 1.08 bits per heavy atom. The van der Waals surface area contributed by atoms with Crippen molar-refractivity contribution < 1.29 is 42.2 Å². The van der Waals surface area contributed by atoms with Crippen LogP contribution < -0.4 is 24.8 Å². The Hall–Kier alpha value is -4.40. The lowest BCUT2D eigenvalue weighted by Crippen LogP contribution is -2.59. The molecule has 6 rings (SSSR count). The third kappa shape index (κ3) is 7.17. The van der Waals surface area contributed by atoms with Gasteiger partial charge in [-0.1, -0.05) is 50.6 Å². The smallest absolute Gasteiger partial charge is 0.405 e. The Morgan fingerprint density at radius 3 is 2.51 bits per heavy atom. The molecule has 2 saturated carbocycles. The number of amides is 4. The van der Waals surface area contributed by atoms with Gasteiger partial charge in [0.15, 0.2) is 0 Å². The summed E-state index contributed by atoms with van der Waals surface area (Å²) in [7, 11) is -2.36. The van der Waals surface area contributed by atoms with Crippen LogP contribution in [0.5, 0.6) is 11.6 Å². The van der Waals surface area contributed by atoms with Gasteiger partial charge in [-0.05, 0) is 50.0 Å². The van der Waals surface area contributed by atoms with Crippen molar-refractivity contribution in [1.82, 2.24) is 25.2 Å². The lowest BCUT2D eigenvalue weighted by molar-refractivity contribution is -0.142. The Labute approximate surface area is 285 Å². The topological polar surface area (TPSA) is 193 Å². The zero-order chi connectivity index (χ0) is 35.1. The molecule has 2 aromatic rings. The van der Waals surface area contributed by atoms with Crippen LogP contribution in [-0.4, -0.2) is 89.9 Å². The molecular weight excluding hydrogens is 654 g/mol. The van der Waals surface area contributed by atoms with Gasteiger partial charge in [0.05, 0.1) is 25.1 Å². The molecule has 49 heavy (non-hydrogen) atoms. The predicted molar refractivity (Wildman–Crippen MR) is 178 cm³/mol. The number of allylic oxidation sites excluding steroid dienone is 1. The molecule has 0 radical (unpaired) electrons. The van der Waals surface area contributed by atoms with Crippen LogP contribution >= 0.6 is 0 Å². The molecule has 7 atom stereocenters. The predicted octanol–water partition coefficient (Wildman–Crippen LogP) is 2.72. The monoisotopic (exact) mass is 697 g/mol. The number of fused-ring (bicyclic) bond motifs is 3. The zero-order valence-electron chi connectivity index (χ0n) is 27.8. The first-order valence-corrected chi connectivity index (χ1v) is 18.3. The van der Waals surface area contributed by atoms with E-state index in [4.69, 9.17) is 9.47 Å². The number of rotatable bonds is 7. The Balaban J connectivity index is 1.34. The van der Waals surface area contributed by atoms with Gasteiger partial charge in [0, 0.05) is 23.1 Å². The van der Waals surface area contributed by atoms with Crippen molar-refractivity contribution >= 4 is 44.6 Å². The molecule has 2 aliphatic heterocycles. The molecule has 15 heteroatoms. The molecule has 0 spiro atoms. The minimum atomic E-state index is -3.90. The lowest BCUT2D eigenvalue weighted by atomic mass is 9.92. The number of carbonyl (C=O) groups is 4. The molecule has 1 saturated heterocycles. The van der Waals surface area contributed by atoms with Crippen LogP contribution in [0.4, 0.5) is 4.79 Å². The average molecular weight is 698 g/mol. The fourth-order valence-electron chi connectivity index (χ4n) is 7.00. The van der Waals surface area contributed by atoms with E-state index in [1.807, 2.05) is 43.3 Å². The summed E-state index contributed by atoms with van der Waals surface area (Å²) in [5, 5.41) is 15.7. The van der Waals surface area contributed by atoms with Crippen LogP contribution in [0.25, 0.3) is 10.8 Å². The molecule has 1 unspecified atom stereocenters. The van der Waals surface area contributed by atoms with Crippen molar-refractivity contribution in [2.45, 2.75) is 87.8 Å². The van der Waals surface area contributed by atoms with E-state index in [9.17, 15) is 32.7 Å². The van der Waals surface area contributed by atoms with E-state index in [-0.39, 0.29) is 37.1 Å². The van der Waals surface area contributed by atoms with Crippen LogP contribution in [0, 0.1) is 17.8 Å². The minimum absolute atomic E-state index is 0.0173. The van der Waals surface area contributed by atoms with Gasteiger partial charge in [-0.25, -0.2) is 18.2 Å². The van der Waals surface area contributed by atoms with Gasteiger partial charge in [-0.3, -0.25) is 19.1 Å². The SMILES string of the molecule is COc1cnc(O[C@@H]2C[C@H]3C(=O)N[C@]4(C(=O)NS(=O)(=O)C5CC5)C[C@H]4/C=C\C(C)CCC[C@@H](C)[C@H](NC(=O)O)C(=O)N3C2)c2ccccc12. The second kappa shape index (κ2) is 13.5. The second-order valence-corrected chi connectivity index (χ2v) is 15.8. The largest absolute Gasteiger partial charge is 0.494 e. The number of carbonyl (C=O) groups excluding carboxylic acids is 3. The maximum absolute atomic E-state index is 14.3. The van der Waals surface area contributed by atoms with E-state index >= 15 is 0 Å². The Morgan fingerprint density at radius 2 is 1.82 bits per heavy atom. The van der Waals surface area contributed by atoms with Gasteiger partial charge in [-0.15, -0.1) is 0 Å². The number of sulfonamides is 1. The van der Waals surface area contributed by atoms with E-state index in [2.05, 4.69) is 20.3 Å². The van der Waals surface area contributed by atoms with E-state index < -0.39 is 68.7 Å². The maximum Gasteiger partial charge on any atom is 0.405 e. The fourth-order valence-corrected chi connectivity index (χ4v) is 8.37. The molecule has 2 aliphatic carbocycles. The zero-order valence-corrected chi connectivity index (χ0v) is 28.6. The molecule has 1 aromatic heterocycles. The molecule has 0 bridgehead atoms. The van der Waals surface area contributed by atoms with Gasteiger partial charge in [0.2, 0.25) is 27.7 Å².